The van der Waals surface area contributed by atoms with Crippen molar-refractivity contribution >= 4 is 44.6 Å². The average molecular weight is 606 g/mol. The predicted molar refractivity (Wildman–Crippen MR) is 200 cm³/mol. The van der Waals surface area contributed by atoms with E-state index in [9.17, 15) is 0 Å². The molecule has 0 radical (unpaired) electrons. The minimum Gasteiger partial charge on any atom is -0.313 e. The maximum atomic E-state index is 2.66. The lowest BCUT2D eigenvalue weighted by molar-refractivity contribution is 0.666. The van der Waals surface area contributed by atoms with Gasteiger partial charge in [0.1, 0.15) is 0 Å². The molecule has 1 heteroatoms. The molecule has 47 heavy (non-hydrogen) atoms. The van der Waals surface area contributed by atoms with Gasteiger partial charge in [0.25, 0.3) is 0 Å². The number of fused-ring (bicyclic) bond motifs is 12. The summed E-state index contributed by atoms with van der Waals surface area (Å²) >= 11 is 0. The van der Waals surface area contributed by atoms with Gasteiger partial charge in [-0.2, -0.15) is 0 Å². The predicted octanol–water partition coefficient (Wildman–Crippen LogP) is 12.3. The zero-order valence-electron chi connectivity index (χ0n) is 27.4. The average Bonchev–Trinajstić information content (AvgIpc) is 3.62. The van der Waals surface area contributed by atoms with E-state index in [-0.39, 0.29) is 5.41 Å². The van der Waals surface area contributed by atoms with Crippen LogP contribution in [0.3, 0.4) is 0 Å². The maximum Gasteiger partial charge on any atom is 0.0540 e. The number of hydrogen-bond donors (Lipinski definition) is 0. The summed E-state index contributed by atoms with van der Waals surface area (Å²) in [7, 11) is 0. The van der Waals surface area contributed by atoms with Crippen LogP contribution < -0.4 is 4.90 Å². The minimum atomic E-state index is -0.143. The molecule has 228 valence electrons. The molecule has 0 aliphatic heterocycles. The first-order valence-electron chi connectivity index (χ1n) is 17.6. The summed E-state index contributed by atoms with van der Waals surface area (Å²) in [4.78, 5) is 2.66. The van der Waals surface area contributed by atoms with Crippen LogP contribution in [0.4, 0.5) is 11.4 Å². The van der Waals surface area contributed by atoms with Crippen molar-refractivity contribution in [1.29, 1.82) is 0 Å². The Labute approximate surface area is 277 Å². The molecule has 0 aromatic heterocycles. The van der Waals surface area contributed by atoms with Crippen LogP contribution in [-0.2, 0) is 18.3 Å². The molecular formula is C46H39N. The molecule has 0 N–H and O–H groups in total. The van der Waals surface area contributed by atoms with Gasteiger partial charge in [-0.1, -0.05) is 117 Å². The first-order chi connectivity index (χ1) is 23.1. The van der Waals surface area contributed by atoms with E-state index in [0.717, 1.165) is 38.5 Å². The summed E-state index contributed by atoms with van der Waals surface area (Å²) < 4.78 is 0. The van der Waals surface area contributed by atoms with E-state index in [1.54, 1.807) is 5.57 Å². The Morgan fingerprint density at radius 2 is 1.40 bits per heavy atom. The summed E-state index contributed by atoms with van der Waals surface area (Å²) in [5.41, 5.74) is 18.8. The number of hydrogen-bond acceptors (Lipinski definition) is 1. The van der Waals surface area contributed by atoms with Crippen molar-refractivity contribution in [1.82, 2.24) is 0 Å². The Morgan fingerprint density at radius 1 is 0.638 bits per heavy atom. The summed E-state index contributed by atoms with van der Waals surface area (Å²) in [6.07, 6.45) is 24.1. The van der Waals surface area contributed by atoms with Crippen molar-refractivity contribution in [3.8, 4) is 11.1 Å². The third kappa shape index (κ3) is 3.77. The summed E-state index contributed by atoms with van der Waals surface area (Å²) in [5.74, 6) is 0. The summed E-state index contributed by atoms with van der Waals surface area (Å²) in [6.45, 7) is 4.95. The fraction of sp³-hybridized carbons (Fsp3) is 0.217. The SMILES string of the molecule is CC1(C)c2cc(N(C3=CC=CCC3)c3cccc4c3CC3=C4C=CCC3)c3ccccc3c2-c2c3c(c4ccccc4c21)C=CCC3. The van der Waals surface area contributed by atoms with E-state index < -0.39 is 0 Å². The molecule has 1 nitrogen and oxygen atoms in total. The molecule has 0 fully saturated rings. The zero-order valence-corrected chi connectivity index (χ0v) is 27.4. The molecule has 5 aromatic carbocycles. The molecule has 10 rings (SSSR count). The summed E-state index contributed by atoms with van der Waals surface area (Å²) in [6, 6.07) is 28.1. The van der Waals surface area contributed by atoms with Crippen molar-refractivity contribution in [2.75, 3.05) is 4.90 Å². The van der Waals surface area contributed by atoms with Crippen LogP contribution in [0.25, 0.3) is 44.3 Å². The van der Waals surface area contributed by atoms with Gasteiger partial charge in [-0.25, -0.2) is 0 Å². The molecule has 0 spiro atoms. The van der Waals surface area contributed by atoms with Gasteiger partial charge < -0.3 is 4.90 Å². The largest absolute Gasteiger partial charge is 0.313 e. The standard InChI is InChI=1S/C46H39N/c1-46(2)40-28-42(47(30-16-4-3-5-17-30)41-26-14-25-32-31-18-7-6-15-29(31)27-39(32)41)35-21-10-12-23-37(35)43(40)44-36-22-11-8-19-33(36)34-20-9-13-24-38(34)45(44)46/h3-4,7-10,12-14,16,18-21,23-26,28H,5-6,11,15,17,22,27H2,1-2H3. The Morgan fingerprint density at radius 3 is 2.26 bits per heavy atom. The van der Waals surface area contributed by atoms with E-state index >= 15 is 0 Å². The molecule has 0 bridgehead atoms. The van der Waals surface area contributed by atoms with Crippen LogP contribution in [0.5, 0.6) is 0 Å². The lowest BCUT2D eigenvalue weighted by Crippen LogP contribution is -2.21. The van der Waals surface area contributed by atoms with Gasteiger partial charge >= 0.3 is 0 Å². The molecule has 0 atom stereocenters. The van der Waals surface area contributed by atoms with Crippen LogP contribution >= 0.6 is 0 Å². The van der Waals surface area contributed by atoms with Crippen LogP contribution in [0, 0.1) is 0 Å². The number of benzene rings is 5. The van der Waals surface area contributed by atoms with Crippen LogP contribution in [0.1, 0.15) is 79.3 Å². The number of rotatable bonds is 3. The van der Waals surface area contributed by atoms with Crippen molar-refractivity contribution in [2.24, 2.45) is 0 Å². The molecule has 0 heterocycles. The highest BCUT2D eigenvalue weighted by Crippen LogP contribution is 2.59. The van der Waals surface area contributed by atoms with Gasteiger partial charge in [0.05, 0.1) is 5.69 Å². The normalized spacial score (nSPS) is 18.2. The van der Waals surface area contributed by atoms with E-state index in [1.165, 1.54) is 95.1 Å². The molecule has 5 aromatic rings. The van der Waals surface area contributed by atoms with Gasteiger partial charge in [0, 0.05) is 22.2 Å². The van der Waals surface area contributed by atoms with Gasteiger partial charge in [0.2, 0.25) is 0 Å². The second-order valence-electron chi connectivity index (χ2n) is 14.5. The number of allylic oxidation sites excluding steroid dienone is 9. The molecule has 0 unspecified atom stereocenters. The first kappa shape index (κ1) is 27.3. The molecule has 0 amide bonds. The smallest absolute Gasteiger partial charge is 0.0540 e. The van der Waals surface area contributed by atoms with E-state index in [4.69, 9.17) is 0 Å². The van der Waals surface area contributed by atoms with Crippen molar-refractivity contribution in [3.63, 3.8) is 0 Å². The van der Waals surface area contributed by atoms with Crippen LogP contribution in [-0.4, -0.2) is 0 Å². The second kappa shape index (κ2) is 10.1. The number of nitrogens with zero attached hydrogens (tertiary/aromatic N) is 1. The van der Waals surface area contributed by atoms with Crippen molar-refractivity contribution in [2.45, 2.75) is 64.2 Å². The zero-order chi connectivity index (χ0) is 31.3. The lowest BCUT2D eigenvalue weighted by atomic mass is 9.77. The topological polar surface area (TPSA) is 3.24 Å². The fourth-order valence-electron chi connectivity index (χ4n) is 9.59. The van der Waals surface area contributed by atoms with Gasteiger partial charge in [-0.05, 0) is 129 Å². The molecule has 5 aliphatic rings. The third-order valence-electron chi connectivity index (χ3n) is 11.7. The highest BCUT2D eigenvalue weighted by molar-refractivity contribution is 6.14. The number of anilines is 2. The Kier molecular flexibility index (Phi) is 5.83. The first-order valence-corrected chi connectivity index (χ1v) is 17.6. The van der Waals surface area contributed by atoms with Crippen LogP contribution in [0.2, 0.25) is 0 Å². The molecule has 0 saturated heterocycles. The van der Waals surface area contributed by atoms with E-state index in [2.05, 4.69) is 134 Å². The van der Waals surface area contributed by atoms with Gasteiger partial charge in [0.15, 0.2) is 0 Å². The third-order valence-corrected chi connectivity index (χ3v) is 11.7. The monoisotopic (exact) mass is 605 g/mol. The fourth-order valence-corrected chi connectivity index (χ4v) is 9.59. The van der Waals surface area contributed by atoms with E-state index in [1.807, 2.05) is 0 Å². The Bertz CT molecular complexity index is 2350. The quantitative estimate of drug-likeness (QED) is 0.198. The highest BCUT2D eigenvalue weighted by atomic mass is 15.2. The highest BCUT2D eigenvalue weighted by Gasteiger charge is 2.42. The Balaban J connectivity index is 1.28. The van der Waals surface area contributed by atoms with Gasteiger partial charge in [-0.3, -0.25) is 0 Å². The maximum absolute atomic E-state index is 2.66. The van der Waals surface area contributed by atoms with Crippen LogP contribution in [0.15, 0.2) is 121 Å². The molecular weight excluding hydrogens is 567 g/mol. The molecule has 5 aliphatic carbocycles. The Hall–Kier alpha value is -4.88. The van der Waals surface area contributed by atoms with Crippen molar-refractivity contribution in [3.05, 3.63) is 154 Å². The second-order valence-corrected chi connectivity index (χ2v) is 14.5. The van der Waals surface area contributed by atoms with E-state index in [0.29, 0.717) is 0 Å². The van der Waals surface area contributed by atoms with Gasteiger partial charge in [-0.15, -0.1) is 0 Å². The minimum absolute atomic E-state index is 0.143. The van der Waals surface area contributed by atoms with Crippen molar-refractivity contribution < 1.29 is 0 Å². The summed E-state index contributed by atoms with van der Waals surface area (Å²) in [5, 5.41) is 5.52. The molecule has 0 saturated carbocycles. The lowest BCUT2D eigenvalue weighted by Gasteiger charge is -2.33.